The van der Waals surface area contributed by atoms with E-state index in [1.54, 1.807) is 0 Å². The van der Waals surface area contributed by atoms with Gasteiger partial charge < -0.3 is 14.4 Å². The zero-order chi connectivity index (χ0) is 17.0. The van der Waals surface area contributed by atoms with Crippen molar-refractivity contribution in [2.45, 2.75) is 19.0 Å². The number of rotatable bonds is 2. The molecule has 2 aliphatic rings. The first-order valence-corrected chi connectivity index (χ1v) is 8.89. The molecule has 0 N–H and O–H groups in total. The molecule has 0 bridgehead atoms. The van der Waals surface area contributed by atoms with Gasteiger partial charge in [0.15, 0.2) is 0 Å². The summed E-state index contributed by atoms with van der Waals surface area (Å²) >= 11 is 0. The minimum absolute atomic E-state index is 0.164. The second kappa shape index (κ2) is 5.38. The number of aryl methyl sites for hydroxylation is 1. The molecule has 5 rings (SSSR count). The van der Waals surface area contributed by atoms with Crippen LogP contribution in [-0.2, 0) is 20.0 Å². The second-order valence-corrected chi connectivity index (χ2v) is 7.05. The van der Waals surface area contributed by atoms with E-state index in [9.17, 15) is 4.79 Å². The van der Waals surface area contributed by atoms with E-state index < -0.39 is 0 Å². The highest BCUT2D eigenvalue weighted by Crippen LogP contribution is 2.40. The molecule has 2 amide bonds. The van der Waals surface area contributed by atoms with E-state index in [1.165, 1.54) is 27.7 Å². The maximum atomic E-state index is 12.9. The minimum Gasteiger partial charge on any atom is -0.345 e. The Bertz CT molecular complexity index is 960. The van der Waals surface area contributed by atoms with Crippen molar-refractivity contribution >= 4 is 16.9 Å². The number of amides is 2. The van der Waals surface area contributed by atoms with Crippen LogP contribution in [0.2, 0.25) is 0 Å². The average Bonchev–Trinajstić information content (AvgIpc) is 3.12. The van der Waals surface area contributed by atoms with Crippen molar-refractivity contribution in [3.05, 3.63) is 71.4 Å². The summed E-state index contributed by atoms with van der Waals surface area (Å²) in [6.45, 7) is 2.27. The van der Waals surface area contributed by atoms with Crippen LogP contribution in [0.4, 0.5) is 4.79 Å². The van der Waals surface area contributed by atoms with Crippen molar-refractivity contribution in [2.24, 2.45) is 7.05 Å². The Balaban J connectivity index is 1.53. The van der Waals surface area contributed by atoms with Crippen LogP contribution >= 0.6 is 0 Å². The van der Waals surface area contributed by atoms with Crippen LogP contribution in [0.3, 0.4) is 0 Å². The lowest BCUT2D eigenvalue weighted by Gasteiger charge is -2.29. The van der Waals surface area contributed by atoms with E-state index in [0.29, 0.717) is 6.54 Å². The van der Waals surface area contributed by atoms with Gasteiger partial charge in [-0.25, -0.2) is 4.79 Å². The predicted octanol–water partition coefficient (Wildman–Crippen LogP) is 3.71. The van der Waals surface area contributed by atoms with Crippen LogP contribution in [0.15, 0.2) is 54.6 Å². The molecule has 0 saturated carbocycles. The maximum absolute atomic E-state index is 12.9. The predicted molar refractivity (Wildman–Crippen MR) is 98.3 cm³/mol. The molecule has 0 spiro atoms. The van der Waals surface area contributed by atoms with Crippen LogP contribution in [0.1, 0.15) is 22.9 Å². The molecule has 1 unspecified atom stereocenters. The third-order valence-electron chi connectivity index (χ3n) is 5.68. The van der Waals surface area contributed by atoms with Gasteiger partial charge in [0.05, 0.1) is 6.04 Å². The molecule has 1 atom stereocenters. The Morgan fingerprint density at radius 2 is 1.80 bits per heavy atom. The normalized spacial score (nSPS) is 19.4. The van der Waals surface area contributed by atoms with E-state index in [0.717, 1.165) is 19.5 Å². The molecular weight excluding hydrogens is 310 g/mol. The summed E-state index contributed by atoms with van der Waals surface area (Å²) in [7, 11) is 2.13. The Morgan fingerprint density at radius 3 is 2.64 bits per heavy atom. The van der Waals surface area contributed by atoms with Crippen molar-refractivity contribution in [1.29, 1.82) is 0 Å². The number of fused-ring (bicyclic) bond motifs is 5. The molecule has 25 heavy (non-hydrogen) atoms. The molecular formula is C21H21N3O. The van der Waals surface area contributed by atoms with Gasteiger partial charge in [0.2, 0.25) is 0 Å². The number of carbonyl (C=O) groups is 1. The van der Waals surface area contributed by atoms with Crippen LogP contribution in [0.5, 0.6) is 0 Å². The van der Waals surface area contributed by atoms with Gasteiger partial charge >= 0.3 is 6.03 Å². The van der Waals surface area contributed by atoms with Gasteiger partial charge in [-0.15, -0.1) is 0 Å². The second-order valence-electron chi connectivity index (χ2n) is 7.05. The van der Waals surface area contributed by atoms with Crippen LogP contribution in [0.25, 0.3) is 10.9 Å². The third-order valence-corrected chi connectivity index (χ3v) is 5.68. The number of benzene rings is 2. The fourth-order valence-corrected chi connectivity index (χ4v) is 4.53. The lowest BCUT2D eigenvalue weighted by molar-refractivity contribution is 0.182. The highest BCUT2D eigenvalue weighted by Gasteiger charge is 2.43. The van der Waals surface area contributed by atoms with Gasteiger partial charge in [-0.1, -0.05) is 48.5 Å². The summed E-state index contributed by atoms with van der Waals surface area (Å²) in [6, 6.07) is 19.2. The van der Waals surface area contributed by atoms with E-state index in [-0.39, 0.29) is 12.1 Å². The van der Waals surface area contributed by atoms with Crippen LogP contribution < -0.4 is 0 Å². The smallest absolute Gasteiger partial charge is 0.321 e. The first-order chi connectivity index (χ1) is 12.2. The first kappa shape index (κ1) is 14.6. The topological polar surface area (TPSA) is 28.5 Å². The van der Waals surface area contributed by atoms with Crippen molar-refractivity contribution in [3.63, 3.8) is 0 Å². The molecule has 4 heteroatoms. The number of carbonyl (C=O) groups excluding carboxylic acids is 1. The summed E-state index contributed by atoms with van der Waals surface area (Å²) in [5.74, 6) is 0. The number of para-hydroxylation sites is 1. The highest BCUT2D eigenvalue weighted by molar-refractivity contribution is 5.87. The zero-order valence-corrected chi connectivity index (χ0v) is 14.4. The molecule has 3 heterocycles. The largest absolute Gasteiger partial charge is 0.345 e. The summed E-state index contributed by atoms with van der Waals surface area (Å²) in [5, 5.41) is 1.34. The van der Waals surface area contributed by atoms with Gasteiger partial charge in [0.25, 0.3) is 0 Å². The molecule has 3 aromatic rings. The molecule has 1 fully saturated rings. The fourth-order valence-electron chi connectivity index (χ4n) is 4.53. The first-order valence-electron chi connectivity index (χ1n) is 8.89. The summed E-state index contributed by atoms with van der Waals surface area (Å²) < 4.78 is 2.29. The molecule has 0 aliphatic carbocycles. The molecule has 0 radical (unpaired) electrons. The van der Waals surface area contributed by atoms with Gasteiger partial charge in [-0.3, -0.25) is 0 Å². The molecule has 1 aromatic heterocycles. The summed E-state index contributed by atoms with van der Waals surface area (Å²) in [4.78, 5) is 17.0. The molecule has 1 saturated heterocycles. The summed E-state index contributed by atoms with van der Waals surface area (Å²) in [5.41, 5.74) is 5.20. The molecule has 126 valence electrons. The lowest BCUT2D eigenvalue weighted by atomic mass is 9.98. The maximum Gasteiger partial charge on any atom is 0.321 e. The van der Waals surface area contributed by atoms with E-state index >= 15 is 0 Å². The molecule has 2 aliphatic heterocycles. The van der Waals surface area contributed by atoms with Crippen molar-refractivity contribution in [2.75, 3.05) is 13.1 Å². The average molecular weight is 331 g/mol. The Labute approximate surface area is 147 Å². The molecule has 4 nitrogen and oxygen atoms in total. The van der Waals surface area contributed by atoms with E-state index in [4.69, 9.17) is 0 Å². The Morgan fingerprint density at radius 1 is 1.04 bits per heavy atom. The number of urea groups is 1. The number of hydrogen-bond donors (Lipinski definition) is 0. The van der Waals surface area contributed by atoms with E-state index in [1.807, 2.05) is 23.1 Å². The van der Waals surface area contributed by atoms with Gasteiger partial charge in [-0.05, 0) is 23.6 Å². The van der Waals surface area contributed by atoms with Crippen LogP contribution in [-0.4, -0.2) is 33.5 Å². The number of aromatic nitrogens is 1. The molecule has 2 aromatic carbocycles. The Kier molecular flexibility index (Phi) is 3.14. The summed E-state index contributed by atoms with van der Waals surface area (Å²) in [6.07, 6.45) is 0.943. The monoisotopic (exact) mass is 331 g/mol. The number of hydrogen-bond acceptors (Lipinski definition) is 1. The SMILES string of the molecule is Cn1c2c(c3ccccc31)CCN1C(=O)N(Cc3ccccc3)CC21. The Hall–Kier alpha value is -2.75. The van der Waals surface area contributed by atoms with Gasteiger partial charge in [-0.2, -0.15) is 0 Å². The fraction of sp³-hybridized carbons (Fsp3) is 0.286. The van der Waals surface area contributed by atoms with Gasteiger partial charge in [0, 0.05) is 43.3 Å². The van der Waals surface area contributed by atoms with Gasteiger partial charge in [0.1, 0.15) is 0 Å². The highest BCUT2D eigenvalue weighted by atomic mass is 16.2. The van der Waals surface area contributed by atoms with Crippen molar-refractivity contribution in [1.82, 2.24) is 14.4 Å². The minimum atomic E-state index is 0.164. The lowest BCUT2D eigenvalue weighted by Crippen LogP contribution is -2.36. The van der Waals surface area contributed by atoms with Crippen molar-refractivity contribution in [3.8, 4) is 0 Å². The number of nitrogens with zero attached hydrogens (tertiary/aromatic N) is 3. The quantitative estimate of drug-likeness (QED) is 0.703. The third kappa shape index (κ3) is 2.10. The standard InChI is InChI=1S/C21H21N3O/c1-22-18-10-6-5-9-16(18)17-11-12-24-19(20(17)22)14-23(21(24)25)13-15-7-3-2-4-8-15/h2-10,19H,11-14H2,1H3. The van der Waals surface area contributed by atoms with Crippen LogP contribution in [0, 0.1) is 0 Å². The van der Waals surface area contributed by atoms with Crippen molar-refractivity contribution < 1.29 is 4.79 Å². The zero-order valence-electron chi connectivity index (χ0n) is 14.4. The van der Waals surface area contributed by atoms with E-state index in [2.05, 4.69) is 52.9 Å².